The lowest BCUT2D eigenvalue weighted by Gasteiger charge is -2.25. The number of hydrogen-bond acceptors (Lipinski definition) is 1. The Hall–Kier alpha value is -0.0400. The third-order valence-electron chi connectivity index (χ3n) is 2.60. The zero-order valence-electron chi connectivity index (χ0n) is 8.43. The molecule has 0 aromatic heterocycles. The largest absolute Gasteiger partial charge is 0.330 e. The minimum atomic E-state index is 0.718. The van der Waals surface area contributed by atoms with Gasteiger partial charge < -0.3 is 5.73 Å². The van der Waals surface area contributed by atoms with Crippen LogP contribution in [0.4, 0.5) is 0 Å². The van der Waals surface area contributed by atoms with Gasteiger partial charge in [-0.25, -0.2) is 0 Å². The summed E-state index contributed by atoms with van der Waals surface area (Å²) in [7, 11) is 0. The summed E-state index contributed by atoms with van der Waals surface area (Å²) >= 11 is 0. The van der Waals surface area contributed by atoms with E-state index in [-0.39, 0.29) is 0 Å². The monoisotopic (exact) mass is 157 g/mol. The van der Waals surface area contributed by atoms with E-state index in [0.717, 1.165) is 24.3 Å². The number of hydrogen-bond donors (Lipinski definition) is 1. The second kappa shape index (κ2) is 5.59. The highest BCUT2D eigenvalue weighted by Crippen LogP contribution is 2.23. The molecule has 0 saturated heterocycles. The maximum absolute atomic E-state index is 5.70. The van der Waals surface area contributed by atoms with Gasteiger partial charge in [0.25, 0.3) is 0 Å². The zero-order chi connectivity index (χ0) is 8.85. The Morgan fingerprint density at radius 1 is 1.18 bits per heavy atom. The molecule has 2 unspecified atom stereocenters. The molecule has 0 bridgehead atoms. The van der Waals surface area contributed by atoms with Crippen molar-refractivity contribution in [2.75, 3.05) is 6.54 Å². The summed E-state index contributed by atoms with van der Waals surface area (Å²) in [4.78, 5) is 0. The molecule has 11 heavy (non-hydrogen) atoms. The van der Waals surface area contributed by atoms with Crippen molar-refractivity contribution in [3.63, 3.8) is 0 Å². The maximum Gasteiger partial charge on any atom is -0.00439 e. The minimum absolute atomic E-state index is 0.718. The number of rotatable bonds is 5. The van der Waals surface area contributed by atoms with E-state index in [4.69, 9.17) is 5.73 Å². The molecule has 1 heteroatoms. The SMILES string of the molecule is CCCC(C)C(CN)C(C)C. The lowest BCUT2D eigenvalue weighted by Crippen LogP contribution is -2.26. The molecule has 0 heterocycles. The smallest absolute Gasteiger partial charge is 0.00439 e. The molecule has 0 rings (SSSR count). The Bertz CT molecular complexity index is 88.9. The topological polar surface area (TPSA) is 26.0 Å². The van der Waals surface area contributed by atoms with E-state index in [9.17, 15) is 0 Å². The van der Waals surface area contributed by atoms with Crippen LogP contribution in [-0.2, 0) is 0 Å². The normalized spacial score (nSPS) is 16.9. The average molecular weight is 157 g/mol. The summed E-state index contributed by atoms with van der Waals surface area (Å²) in [6.45, 7) is 9.94. The molecule has 1 nitrogen and oxygen atoms in total. The van der Waals surface area contributed by atoms with Gasteiger partial charge in [0.05, 0.1) is 0 Å². The molecule has 0 aromatic rings. The fourth-order valence-corrected chi connectivity index (χ4v) is 1.83. The summed E-state index contributed by atoms with van der Waals surface area (Å²) in [6.07, 6.45) is 2.60. The maximum atomic E-state index is 5.70. The summed E-state index contributed by atoms with van der Waals surface area (Å²) in [5, 5.41) is 0. The third-order valence-corrected chi connectivity index (χ3v) is 2.60. The van der Waals surface area contributed by atoms with Crippen LogP contribution in [0.3, 0.4) is 0 Å². The second-order valence-electron chi connectivity index (χ2n) is 3.91. The average Bonchev–Trinajstić information content (AvgIpc) is 1.88. The highest BCUT2D eigenvalue weighted by Gasteiger charge is 2.17. The molecule has 2 N–H and O–H groups in total. The molecular weight excluding hydrogens is 134 g/mol. The molecular formula is C10H23N. The van der Waals surface area contributed by atoms with Crippen LogP contribution in [0, 0.1) is 17.8 Å². The van der Waals surface area contributed by atoms with E-state index in [0.29, 0.717) is 0 Å². The van der Waals surface area contributed by atoms with E-state index in [2.05, 4.69) is 27.7 Å². The molecule has 0 radical (unpaired) electrons. The molecule has 0 aromatic carbocycles. The van der Waals surface area contributed by atoms with Crippen molar-refractivity contribution >= 4 is 0 Å². The van der Waals surface area contributed by atoms with Crippen molar-refractivity contribution in [2.45, 2.75) is 40.5 Å². The summed E-state index contributed by atoms with van der Waals surface area (Å²) in [6, 6.07) is 0. The first-order valence-electron chi connectivity index (χ1n) is 4.83. The van der Waals surface area contributed by atoms with Gasteiger partial charge in [0.1, 0.15) is 0 Å². The summed E-state index contributed by atoms with van der Waals surface area (Å²) in [5.41, 5.74) is 5.70. The Morgan fingerprint density at radius 3 is 2.00 bits per heavy atom. The molecule has 0 aliphatic carbocycles. The first-order chi connectivity index (χ1) is 5.13. The number of nitrogens with two attached hydrogens (primary N) is 1. The standard InChI is InChI=1S/C10H23N/c1-5-6-9(4)10(7-11)8(2)3/h8-10H,5-7,11H2,1-4H3. The predicted octanol–water partition coefficient (Wildman–Crippen LogP) is 2.65. The van der Waals surface area contributed by atoms with Crippen LogP contribution >= 0.6 is 0 Å². The Balaban J connectivity index is 3.81. The van der Waals surface area contributed by atoms with Crippen LogP contribution in [0.15, 0.2) is 0 Å². The van der Waals surface area contributed by atoms with Crippen molar-refractivity contribution in [1.82, 2.24) is 0 Å². The lowest BCUT2D eigenvalue weighted by atomic mass is 9.82. The van der Waals surface area contributed by atoms with Crippen molar-refractivity contribution < 1.29 is 0 Å². The highest BCUT2D eigenvalue weighted by atomic mass is 14.6. The minimum Gasteiger partial charge on any atom is -0.330 e. The third kappa shape index (κ3) is 3.76. The highest BCUT2D eigenvalue weighted by molar-refractivity contribution is 4.69. The van der Waals surface area contributed by atoms with Gasteiger partial charge in [-0.3, -0.25) is 0 Å². The van der Waals surface area contributed by atoms with E-state index < -0.39 is 0 Å². The zero-order valence-corrected chi connectivity index (χ0v) is 8.43. The van der Waals surface area contributed by atoms with Crippen molar-refractivity contribution in [1.29, 1.82) is 0 Å². The van der Waals surface area contributed by atoms with Crippen LogP contribution in [-0.4, -0.2) is 6.54 Å². The lowest BCUT2D eigenvalue weighted by molar-refractivity contribution is 0.264. The molecule has 0 fully saturated rings. The fourth-order valence-electron chi connectivity index (χ4n) is 1.83. The van der Waals surface area contributed by atoms with Gasteiger partial charge in [-0.05, 0) is 24.3 Å². The van der Waals surface area contributed by atoms with Crippen molar-refractivity contribution in [3.8, 4) is 0 Å². The van der Waals surface area contributed by atoms with E-state index in [1.54, 1.807) is 0 Å². The second-order valence-corrected chi connectivity index (χ2v) is 3.91. The van der Waals surface area contributed by atoms with E-state index >= 15 is 0 Å². The predicted molar refractivity (Wildman–Crippen MR) is 51.5 cm³/mol. The van der Waals surface area contributed by atoms with Gasteiger partial charge in [0, 0.05) is 0 Å². The van der Waals surface area contributed by atoms with Gasteiger partial charge >= 0.3 is 0 Å². The Kier molecular flexibility index (Phi) is 5.57. The first kappa shape index (κ1) is 11.0. The molecule has 0 aliphatic rings. The van der Waals surface area contributed by atoms with Crippen molar-refractivity contribution in [2.24, 2.45) is 23.5 Å². The Morgan fingerprint density at radius 2 is 1.73 bits per heavy atom. The van der Waals surface area contributed by atoms with Crippen LogP contribution < -0.4 is 5.73 Å². The molecule has 2 atom stereocenters. The molecule has 0 saturated carbocycles. The van der Waals surface area contributed by atoms with E-state index in [1.165, 1.54) is 12.8 Å². The summed E-state index contributed by atoms with van der Waals surface area (Å²) in [5.74, 6) is 2.25. The first-order valence-corrected chi connectivity index (χ1v) is 4.83. The van der Waals surface area contributed by atoms with Crippen LogP contribution in [0.2, 0.25) is 0 Å². The molecule has 68 valence electrons. The molecule has 0 spiro atoms. The van der Waals surface area contributed by atoms with Gasteiger partial charge in [-0.15, -0.1) is 0 Å². The molecule has 0 aliphatic heterocycles. The Labute approximate surface area is 71.4 Å². The van der Waals surface area contributed by atoms with E-state index in [1.807, 2.05) is 0 Å². The van der Waals surface area contributed by atoms with Crippen LogP contribution in [0.1, 0.15) is 40.5 Å². The van der Waals surface area contributed by atoms with Gasteiger partial charge in [0.15, 0.2) is 0 Å². The van der Waals surface area contributed by atoms with Gasteiger partial charge in [-0.1, -0.05) is 40.5 Å². The molecule has 0 amide bonds. The quantitative estimate of drug-likeness (QED) is 0.652. The van der Waals surface area contributed by atoms with Crippen LogP contribution in [0.25, 0.3) is 0 Å². The van der Waals surface area contributed by atoms with Crippen molar-refractivity contribution in [3.05, 3.63) is 0 Å². The van der Waals surface area contributed by atoms with Gasteiger partial charge in [0.2, 0.25) is 0 Å². The van der Waals surface area contributed by atoms with Gasteiger partial charge in [-0.2, -0.15) is 0 Å². The summed E-state index contributed by atoms with van der Waals surface area (Å²) < 4.78 is 0. The fraction of sp³-hybridized carbons (Fsp3) is 1.00. The van der Waals surface area contributed by atoms with Crippen LogP contribution in [0.5, 0.6) is 0 Å².